The molecule has 4 heteroatoms. The van der Waals surface area contributed by atoms with Gasteiger partial charge in [0.2, 0.25) is 0 Å². The fourth-order valence-corrected chi connectivity index (χ4v) is 1.11. The van der Waals surface area contributed by atoms with E-state index >= 15 is 0 Å². The first-order chi connectivity index (χ1) is 6.22. The van der Waals surface area contributed by atoms with Gasteiger partial charge in [0.15, 0.2) is 0 Å². The Morgan fingerprint density at radius 2 is 1.38 bits per heavy atom. The maximum atomic E-state index is 12.2. The minimum absolute atomic E-state index is 0.0669. The van der Waals surface area contributed by atoms with Gasteiger partial charge in [-0.3, -0.25) is 0 Å². The lowest BCUT2D eigenvalue weighted by Crippen LogP contribution is -1.91. The van der Waals surface area contributed by atoms with Crippen molar-refractivity contribution in [1.29, 1.82) is 0 Å². The number of hydrogen-bond donors (Lipinski definition) is 1. The highest BCUT2D eigenvalue weighted by Crippen LogP contribution is 2.26. The molecular weight excluding hydrogens is 181 g/mol. The van der Waals surface area contributed by atoms with Crippen molar-refractivity contribution in [2.24, 2.45) is 0 Å². The van der Waals surface area contributed by atoms with E-state index in [4.69, 9.17) is 0 Å². The lowest BCUT2D eigenvalue weighted by atomic mass is 10.1. The van der Waals surface area contributed by atoms with Crippen molar-refractivity contribution in [2.75, 3.05) is 0 Å². The molecule has 1 rings (SSSR count). The summed E-state index contributed by atoms with van der Waals surface area (Å²) in [7, 11) is 0. The van der Waals surface area contributed by atoms with Gasteiger partial charge in [-0.15, -0.1) is 0 Å². The molecular formula is C9H9F3O. The van der Waals surface area contributed by atoms with Crippen LogP contribution in [-0.4, -0.2) is 5.11 Å². The van der Waals surface area contributed by atoms with E-state index < -0.39 is 25.8 Å². The summed E-state index contributed by atoms with van der Waals surface area (Å²) in [6.07, 6.45) is 0. The highest BCUT2D eigenvalue weighted by atomic mass is 19.1. The Labute approximate surface area is 73.8 Å². The molecule has 0 spiro atoms. The van der Waals surface area contributed by atoms with Gasteiger partial charge in [-0.1, -0.05) is 0 Å². The van der Waals surface area contributed by atoms with Crippen LogP contribution in [0.1, 0.15) is 16.7 Å². The zero-order valence-electron chi connectivity index (χ0n) is 6.86. The van der Waals surface area contributed by atoms with E-state index in [0.717, 1.165) is 0 Å². The number of rotatable bonds is 3. The Kier molecular flexibility index (Phi) is 3.17. The Hall–Kier alpha value is -1.19. The van der Waals surface area contributed by atoms with Gasteiger partial charge in [0.1, 0.15) is 25.8 Å². The molecule has 1 aromatic rings. The summed E-state index contributed by atoms with van der Waals surface area (Å²) in [5.41, 5.74) is 0.0451. The first kappa shape index (κ1) is 9.89. The number of halogens is 3. The monoisotopic (exact) mass is 190 g/mol. The smallest absolute Gasteiger partial charge is 0.127 e. The second-order valence-corrected chi connectivity index (χ2v) is 2.66. The Bertz CT molecular complexity index is 274. The number of aromatic hydroxyl groups is 1. The van der Waals surface area contributed by atoms with E-state index in [2.05, 4.69) is 0 Å². The Morgan fingerprint density at radius 1 is 0.923 bits per heavy atom. The molecule has 0 amide bonds. The fourth-order valence-electron chi connectivity index (χ4n) is 1.11. The highest BCUT2D eigenvalue weighted by Gasteiger charge is 2.09. The van der Waals surface area contributed by atoms with Gasteiger partial charge in [0.25, 0.3) is 0 Å². The molecule has 13 heavy (non-hydrogen) atoms. The first-order valence-electron chi connectivity index (χ1n) is 3.74. The third-order valence-electron chi connectivity index (χ3n) is 1.77. The van der Waals surface area contributed by atoms with E-state index in [1.54, 1.807) is 0 Å². The molecule has 0 fully saturated rings. The first-order valence-corrected chi connectivity index (χ1v) is 3.74. The Balaban J connectivity index is 3.20. The molecule has 0 saturated carbocycles. The van der Waals surface area contributed by atoms with Crippen LogP contribution in [0, 0.1) is 0 Å². The topological polar surface area (TPSA) is 20.2 Å². The lowest BCUT2D eigenvalue weighted by Gasteiger charge is -2.06. The van der Waals surface area contributed by atoms with E-state index in [9.17, 15) is 18.3 Å². The predicted molar refractivity (Wildman–Crippen MR) is 42.5 cm³/mol. The number of benzene rings is 1. The van der Waals surface area contributed by atoms with Crippen LogP contribution in [0.4, 0.5) is 13.2 Å². The number of alkyl halides is 3. The zero-order chi connectivity index (χ0) is 9.84. The summed E-state index contributed by atoms with van der Waals surface area (Å²) in [6, 6.07) is 2.38. The average molecular weight is 190 g/mol. The van der Waals surface area contributed by atoms with E-state index in [1.165, 1.54) is 12.1 Å². The number of phenols is 1. The Morgan fingerprint density at radius 3 is 1.69 bits per heavy atom. The van der Waals surface area contributed by atoms with Crippen molar-refractivity contribution in [3.8, 4) is 5.75 Å². The minimum Gasteiger partial charge on any atom is -0.507 e. The van der Waals surface area contributed by atoms with Crippen molar-refractivity contribution in [1.82, 2.24) is 0 Å². The third kappa shape index (κ3) is 1.94. The van der Waals surface area contributed by atoms with Gasteiger partial charge in [0, 0.05) is 11.1 Å². The van der Waals surface area contributed by atoms with Crippen LogP contribution in [0.3, 0.4) is 0 Å². The highest BCUT2D eigenvalue weighted by molar-refractivity contribution is 5.43. The molecule has 1 N–H and O–H groups in total. The van der Waals surface area contributed by atoms with E-state index in [-0.39, 0.29) is 16.7 Å². The lowest BCUT2D eigenvalue weighted by molar-refractivity contribution is 0.407. The molecule has 0 saturated heterocycles. The molecule has 1 aromatic carbocycles. The molecule has 0 bridgehead atoms. The molecule has 0 atom stereocenters. The van der Waals surface area contributed by atoms with Crippen molar-refractivity contribution in [3.63, 3.8) is 0 Å². The van der Waals surface area contributed by atoms with Crippen molar-refractivity contribution in [3.05, 3.63) is 28.8 Å². The summed E-state index contributed by atoms with van der Waals surface area (Å²) in [4.78, 5) is 0. The minimum atomic E-state index is -0.924. The number of hydrogen-bond acceptors (Lipinski definition) is 1. The second-order valence-electron chi connectivity index (χ2n) is 2.66. The average Bonchev–Trinajstić information content (AvgIpc) is 2.18. The largest absolute Gasteiger partial charge is 0.507 e. The third-order valence-corrected chi connectivity index (χ3v) is 1.77. The zero-order valence-corrected chi connectivity index (χ0v) is 6.86. The van der Waals surface area contributed by atoms with Crippen LogP contribution in [0.2, 0.25) is 0 Å². The SMILES string of the molecule is Oc1c(CF)cc(CF)cc1CF. The fraction of sp³-hybridized carbons (Fsp3) is 0.333. The molecule has 0 aliphatic heterocycles. The van der Waals surface area contributed by atoms with Gasteiger partial charge in [-0.05, 0) is 17.7 Å². The van der Waals surface area contributed by atoms with Crippen LogP contribution in [0.25, 0.3) is 0 Å². The van der Waals surface area contributed by atoms with Crippen molar-refractivity contribution >= 4 is 0 Å². The summed E-state index contributed by atoms with van der Waals surface area (Å²) in [6.45, 7) is -2.64. The predicted octanol–water partition coefficient (Wildman–Crippen LogP) is 2.80. The van der Waals surface area contributed by atoms with Crippen LogP contribution in [-0.2, 0) is 20.0 Å². The van der Waals surface area contributed by atoms with Crippen LogP contribution in [0.15, 0.2) is 12.1 Å². The molecule has 0 unspecified atom stereocenters. The van der Waals surface area contributed by atoms with Gasteiger partial charge >= 0.3 is 0 Å². The van der Waals surface area contributed by atoms with Crippen molar-refractivity contribution < 1.29 is 18.3 Å². The molecule has 1 nitrogen and oxygen atoms in total. The van der Waals surface area contributed by atoms with Gasteiger partial charge < -0.3 is 5.11 Å². The maximum Gasteiger partial charge on any atom is 0.127 e. The van der Waals surface area contributed by atoms with E-state index in [0.29, 0.717) is 0 Å². The van der Waals surface area contributed by atoms with Crippen LogP contribution >= 0.6 is 0 Å². The molecule has 72 valence electrons. The molecule has 0 radical (unpaired) electrons. The summed E-state index contributed by atoms with van der Waals surface area (Å²) >= 11 is 0. The summed E-state index contributed by atoms with van der Waals surface area (Å²) in [5, 5.41) is 9.21. The number of phenolic OH excluding ortho intramolecular Hbond substituents is 1. The van der Waals surface area contributed by atoms with Crippen molar-refractivity contribution in [2.45, 2.75) is 20.0 Å². The van der Waals surface area contributed by atoms with Gasteiger partial charge in [-0.25, -0.2) is 13.2 Å². The second kappa shape index (κ2) is 4.16. The molecule has 0 aliphatic rings. The molecule has 0 aliphatic carbocycles. The standard InChI is InChI=1S/C9H9F3O/c10-3-6-1-7(4-11)9(13)8(2-6)5-12/h1-2,13H,3-5H2. The molecule has 0 aromatic heterocycles. The quantitative estimate of drug-likeness (QED) is 0.776. The van der Waals surface area contributed by atoms with Crippen LogP contribution in [0.5, 0.6) is 5.75 Å². The molecule has 0 heterocycles. The van der Waals surface area contributed by atoms with Crippen LogP contribution < -0.4 is 0 Å². The van der Waals surface area contributed by atoms with E-state index in [1.807, 2.05) is 0 Å². The maximum absolute atomic E-state index is 12.2. The summed E-state index contributed by atoms with van der Waals surface area (Å²) in [5.74, 6) is -0.415. The van der Waals surface area contributed by atoms with Gasteiger partial charge in [-0.2, -0.15) is 0 Å². The van der Waals surface area contributed by atoms with Gasteiger partial charge in [0.05, 0.1) is 0 Å². The normalized spacial score (nSPS) is 10.4. The summed E-state index contributed by atoms with van der Waals surface area (Å²) < 4.78 is 36.6.